The molecule has 0 radical (unpaired) electrons. The van der Waals surface area contributed by atoms with Crippen molar-refractivity contribution in [1.29, 1.82) is 0 Å². The Balaban J connectivity index is 1.83. The van der Waals surface area contributed by atoms with E-state index in [9.17, 15) is 0 Å². The number of aryl methyl sites for hydroxylation is 1. The number of nitrogens with zero attached hydrogens (tertiary/aromatic N) is 2. The van der Waals surface area contributed by atoms with Gasteiger partial charge in [0.15, 0.2) is 0 Å². The van der Waals surface area contributed by atoms with Crippen molar-refractivity contribution in [3.8, 4) is 11.4 Å². The number of benzene rings is 1. The largest absolute Gasteiger partial charge is 0.390 e. The first-order valence-electron chi connectivity index (χ1n) is 7.08. The van der Waals surface area contributed by atoms with E-state index in [-0.39, 0.29) is 12.6 Å². The van der Waals surface area contributed by atoms with E-state index in [4.69, 9.17) is 10.8 Å². The van der Waals surface area contributed by atoms with E-state index in [0.717, 1.165) is 29.7 Å². The third-order valence-electron chi connectivity index (χ3n) is 4.20. The standard InChI is InChI=1S/C16H16N4O/c17-13-3-1-10-11(13)2-4-14-12(10)5-15(20-14)16-7-18-9(8-21)6-19-16/h2,4-7,13,20-21H,1,3,8,17H2. The van der Waals surface area contributed by atoms with Crippen LogP contribution in [0.15, 0.2) is 30.6 Å². The van der Waals surface area contributed by atoms with E-state index >= 15 is 0 Å². The molecule has 0 aliphatic heterocycles. The molecule has 0 saturated heterocycles. The second-order valence-corrected chi connectivity index (χ2v) is 5.47. The first-order chi connectivity index (χ1) is 10.3. The van der Waals surface area contributed by atoms with Crippen molar-refractivity contribution >= 4 is 10.9 Å². The highest BCUT2D eigenvalue weighted by Crippen LogP contribution is 2.36. The fourth-order valence-electron chi connectivity index (χ4n) is 3.08. The highest BCUT2D eigenvalue weighted by molar-refractivity contribution is 5.89. The molecule has 4 N–H and O–H groups in total. The quantitative estimate of drug-likeness (QED) is 0.670. The van der Waals surface area contributed by atoms with Crippen LogP contribution in [-0.4, -0.2) is 20.1 Å². The molecular formula is C16H16N4O. The van der Waals surface area contributed by atoms with Crippen LogP contribution in [-0.2, 0) is 13.0 Å². The topological polar surface area (TPSA) is 87.8 Å². The summed E-state index contributed by atoms with van der Waals surface area (Å²) in [7, 11) is 0. The molecule has 5 nitrogen and oxygen atoms in total. The zero-order chi connectivity index (χ0) is 14.4. The number of hydrogen-bond acceptors (Lipinski definition) is 4. The summed E-state index contributed by atoms with van der Waals surface area (Å²) in [6.45, 7) is -0.0919. The van der Waals surface area contributed by atoms with Crippen LogP contribution < -0.4 is 5.73 Å². The Labute approximate surface area is 121 Å². The number of fused-ring (bicyclic) bond motifs is 3. The predicted molar refractivity (Wildman–Crippen MR) is 80.5 cm³/mol. The summed E-state index contributed by atoms with van der Waals surface area (Å²) in [5, 5.41) is 10.2. The van der Waals surface area contributed by atoms with Gasteiger partial charge in [-0.25, -0.2) is 0 Å². The normalized spacial score (nSPS) is 17.3. The highest BCUT2D eigenvalue weighted by atomic mass is 16.3. The predicted octanol–water partition coefficient (Wildman–Crippen LogP) is 2.06. The number of nitrogens with one attached hydrogen (secondary N) is 1. The molecule has 2 aromatic heterocycles. The maximum Gasteiger partial charge on any atom is 0.105 e. The summed E-state index contributed by atoms with van der Waals surface area (Å²) in [5.74, 6) is 0. The second-order valence-electron chi connectivity index (χ2n) is 5.47. The molecule has 0 bridgehead atoms. The van der Waals surface area contributed by atoms with Gasteiger partial charge in [-0.3, -0.25) is 9.97 Å². The Kier molecular flexibility index (Phi) is 2.77. The third-order valence-corrected chi connectivity index (χ3v) is 4.20. The van der Waals surface area contributed by atoms with Gasteiger partial charge in [-0.15, -0.1) is 0 Å². The fraction of sp³-hybridized carbons (Fsp3) is 0.250. The molecule has 1 aromatic carbocycles. The molecule has 3 aromatic rings. The van der Waals surface area contributed by atoms with Gasteiger partial charge < -0.3 is 15.8 Å². The van der Waals surface area contributed by atoms with Crippen molar-refractivity contribution < 1.29 is 5.11 Å². The number of aliphatic hydroxyl groups excluding tert-OH is 1. The van der Waals surface area contributed by atoms with E-state index in [0.29, 0.717) is 5.69 Å². The number of H-pyrrole nitrogens is 1. The van der Waals surface area contributed by atoms with E-state index < -0.39 is 0 Å². The lowest BCUT2D eigenvalue weighted by molar-refractivity contribution is 0.276. The van der Waals surface area contributed by atoms with Crippen LogP contribution in [0.4, 0.5) is 0 Å². The van der Waals surface area contributed by atoms with Crippen LogP contribution >= 0.6 is 0 Å². The molecule has 1 unspecified atom stereocenters. The van der Waals surface area contributed by atoms with Crippen molar-refractivity contribution in [1.82, 2.24) is 15.0 Å². The van der Waals surface area contributed by atoms with Gasteiger partial charge in [0.2, 0.25) is 0 Å². The monoisotopic (exact) mass is 280 g/mol. The van der Waals surface area contributed by atoms with Crippen molar-refractivity contribution in [3.63, 3.8) is 0 Å². The summed E-state index contributed by atoms with van der Waals surface area (Å²) < 4.78 is 0. The zero-order valence-corrected chi connectivity index (χ0v) is 11.5. The second kappa shape index (κ2) is 4.65. The van der Waals surface area contributed by atoms with Gasteiger partial charge in [0.05, 0.1) is 30.4 Å². The van der Waals surface area contributed by atoms with E-state index in [1.165, 1.54) is 16.5 Å². The number of aromatic amines is 1. The van der Waals surface area contributed by atoms with Crippen molar-refractivity contribution in [2.75, 3.05) is 0 Å². The molecule has 21 heavy (non-hydrogen) atoms. The molecule has 5 heteroatoms. The Morgan fingerprint density at radius 3 is 2.95 bits per heavy atom. The average molecular weight is 280 g/mol. The number of aliphatic hydroxyl groups is 1. The lowest BCUT2D eigenvalue weighted by Gasteiger charge is -2.04. The van der Waals surface area contributed by atoms with E-state index in [1.54, 1.807) is 12.4 Å². The van der Waals surface area contributed by atoms with Crippen LogP contribution in [0.5, 0.6) is 0 Å². The van der Waals surface area contributed by atoms with Gasteiger partial charge in [-0.2, -0.15) is 0 Å². The fourth-order valence-corrected chi connectivity index (χ4v) is 3.08. The van der Waals surface area contributed by atoms with Crippen LogP contribution in [0.1, 0.15) is 29.3 Å². The Morgan fingerprint density at radius 2 is 2.19 bits per heavy atom. The summed E-state index contributed by atoms with van der Waals surface area (Å²) in [6, 6.07) is 6.48. The van der Waals surface area contributed by atoms with Crippen molar-refractivity contribution in [2.24, 2.45) is 5.73 Å². The summed E-state index contributed by atoms with van der Waals surface area (Å²) in [4.78, 5) is 11.9. The summed E-state index contributed by atoms with van der Waals surface area (Å²) in [6.07, 6.45) is 5.32. The van der Waals surface area contributed by atoms with Crippen LogP contribution in [0.25, 0.3) is 22.3 Å². The van der Waals surface area contributed by atoms with E-state index in [1.807, 2.05) is 0 Å². The maximum absolute atomic E-state index is 9.02. The zero-order valence-electron chi connectivity index (χ0n) is 11.5. The molecule has 0 amide bonds. The van der Waals surface area contributed by atoms with Gasteiger partial charge >= 0.3 is 0 Å². The molecule has 1 atom stereocenters. The van der Waals surface area contributed by atoms with Crippen LogP contribution in [0.3, 0.4) is 0 Å². The molecular weight excluding hydrogens is 264 g/mol. The number of aromatic nitrogens is 3. The Morgan fingerprint density at radius 1 is 1.29 bits per heavy atom. The number of nitrogens with two attached hydrogens (primary N) is 1. The maximum atomic E-state index is 9.02. The molecule has 1 aliphatic carbocycles. The van der Waals surface area contributed by atoms with Gasteiger partial charge in [0, 0.05) is 16.9 Å². The molecule has 4 rings (SSSR count). The molecule has 2 heterocycles. The minimum atomic E-state index is -0.0919. The van der Waals surface area contributed by atoms with Gasteiger partial charge in [-0.1, -0.05) is 6.07 Å². The SMILES string of the molecule is NC1CCc2c1ccc1[nH]c(-c3cnc(CO)cn3)cc21. The van der Waals surface area contributed by atoms with Gasteiger partial charge in [0.1, 0.15) is 5.69 Å². The first-order valence-corrected chi connectivity index (χ1v) is 7.08. The third kappa shape index (κ3) is 1.93. The first kappa shape index (κ1) is 12.5. The molecule has 0 spiro atoms. The van der Waals surface area contributed by atoms with E-state index in [2.05, 4.69) is 33.2 Å². The number of rotatable bonds is 2. The van der Waals surface area contributed by atoms with Crippen LogP contribution in [0, 0.1) is 0 Å². The molecule has 0 saturated carbocycles. The minimum Gasteiger partial charge on any atom is -0.390 e. The van der Waals surface area contributed by atoms with Gasteiger partial charge in [-0.05, 0) is 36.1 Å². The summed E-state index contributed by atoms with van der Waals surface area (Å²) >= 11 is 0. The molecule has 0 fully saturated rings. The lowest BCUT2D eigenvalue weighted by atomic mass is 10.0. The minimum absolute atomic E-state index is 0.0919. The van der Waals surface area contributed by atoms with Crippen LogP contribution in [0.2, 0.25) is 0 Å². The Hall–Kier alpha value is -2.24. The number of hydrogen-bond donors (Lipinski definition) is 3. The molecule has 106 valence electrons. The van der Waals surface area contributed by atoms with Gasteiger partial charge in [0.25, 0.3) is 0 Å². The van der Waals surface area contributed by atoms with Crippen molar-refractivity contribution in [2.45, 2.75) is 25.5 Å². The smallest absolute Gasteiger partial charge is 0.105 e. The average Bonchev–Trinajstić information content (AvgIpc) is 3.11. The molecule has 1 aliphatic rings. The Bertz CT molecular complexity index is 807. The highest BCUT2D eigenvalue weighted by Gasteiger charge is 2.22. The summed E-state index contributed by atoms with van der Waals surface area (Å²) in [5.41, 5.74) is 12.1. The lowest BCUT2D eigenvalue weighted by Crippen LogP contribution is -2.04. The van der Waals surface area contributed by atoms with Crippen molar-refractivity contribution in [3.05, 3.63) is 47.4 Å².